The fourth-order valence-corrected chi connectivity index (χ4v) is 3.98. The lowest BCUT2D eigenvalue weighted by molar-refractivity contribution is -0.143. The first-order valence-electron chi connectivity index (χ1n) is 11.5. The molecule has 35 heavy (non-hydrogen) atoms. The Hall–Kier alpha value is -3.32. The van der Waals surface area contributed by atoms with E-state index in [1.54, 1.807) is 6.92 Å². The summed E-state index contributed by atoms with van der Waals surface area (Å²) in [6, 6.07) is 8.01. The lowest BCUT2D eigenvalue weighted by Gasteiger charge is -2.16. The molecule has 1 saturated heterocycles. The minimum absolute atomic E-state index is 0.161. The van der Waals surface area contributed by atoms with E-state index in [4.69, 9.17) is 15.2 Å². The number of carbonyl (C=O) groups is 1. The van der Waals surface area contributed by atoms with Crippen molar-refractivity contribution in [3.63, 3.8) is 0 Å². The minimum atomic E-state index is -1.27. The third-order valence-corrected chi connectivity index (χ3v) is 5.88. The Morgan fingerprint density at radius 1 is 1.17 bits per heavy atom. The van der Waals surface area contributed by atoms with Gasteiger partial charge in [0.15, 0.2) is 17.7 Å². The van der Waals surface area contributed by atoms with E-state index in [1.165, 1.54) is 10.9 Å². The Balaban J connectivity index is 1.38. The SMILES string of the molecule is CCOC(=O)CCc1ccc(CCNc2nc(N)c3ncn([C@@H]4O[C@H](CO)[C@@H](O)[C@H]4O)c3n2)cc1. The van der Waals surface area contributed by atoms with Crippen LogP contribution in [0.15, 0.2) is 30.6 Å². The lowest BCUT2D eigenvalue weighted by atomic mass is 10.1. The van der Waals surface area contributed by atoms with Gasteiger partial charge in [0.1, 0.15) is 23.8 Å². The molecular weight excluding hydrogens is 456 g/mol. The van der Waals surface area contributed by atoms with Gasteiger partial charge in [0.25, 0.3) is 0 Å². The molecule has 0 saturated carbocycles. The molecule has 3 aromatic rings. The van der Waals surface area contributed by atoms with Crippen LogP contribution >= 0.6 is 0 Å². The normalized spacial score (nSPS) is 21.9. The molecule has 2 aromatic heterocycles. The quantitative estimate of drug-likeness (QED) is 0.247. The molecule has 0 spiro atoms. The zero-order chi connectivity index (χ0) is 24.9. The second-order valence-corrected chi connectivity index (χ2v) is 8.28. The molecule has 188 valence electrons. The Kier molecular flexibility index (Phi) is 7.76. The molecule has 3 heterocycles. The lowest BCUT2D eigenvalue weighted by Crippen LogP contribution is -2.33. The van der Waals surface area contributed by atoms with Crippen molar-refractivity contribution in [2.45, 2.75) is 50.7 Å². The number of nitrogens with zero attached hydrogens (tertiary/aromatic N) is 4. The van der Waals surface area contributed by atoms with Gasteiger partial charge in [-0.3, -0.25) is 9.36 Å². The number of nitrogen functional groups attached to an aromatic ring is 1. The van der Waals surface area contributed by atoms with Gasteiger partial charge in [-0.1, -0.05) is 24.3 Å². The van der Waals surface area contributed by atoms with Crippen LogP contribution in [0.2, 0.25) is 0 Å². The molecule has 0 bridgehead atoms. The maximum Gasteiger partial charge on any atom is 0.306 e. The van der Waals surface area contributed by atoms with Crippen molar-refractivity contribution in [3.05, 3.63) is 41.7 Å². The largest absolute Gasteiger partial charge is 0.466 e. The number of hydrogen-bond acceptors (Lipinski definition) is 11. The number of fused-ring (bicyclic) bond motifs is 1. The molecule has 1 aliphatic heterocycles. The van der Waals surface area contributed by atoms with E-state index in [1.807, 2.05) is 24.3 Å². The predicted octanol–water partition coefficient (Wildman–Crippen LogP) is 0.170. The van der Waals surface area contributed by atoms with Gasteiger partial charge >= 0.3 is 5.97 Å². The number of anilines is 2. The molecule has 0 amide bonds. The highest BCUT2D eigenvalue weighted by molar-refractivity contribution is 5.83. The van der Waals surface area contributed by atoms with Crippen LogP contribution in [0.4, 0.5) is 11.8 Å². The Bertz CT molecular complexity index is 1150. The summed E-state index contributed by atoms with van der Waals surface area (Å²) < 4.78 is 12.0. The monoisotopic (exact) mass is 486 g/mol. The Labute approximate surface area is 201 Å². The summed E-state index contributed by atoms with van der Waals surface area (Å²) in [6.07, 6.45) is -1.30. The van der Waals surface area contributed by atoms with Crippen molar-refractivity contribution in [2.24, 2.45) is 0 Å². The standard InChI is InChI=1S/C23H30N6O6/c1-2-34-16(31)8-7-13-3-5-14(6-4-13)9-10-25-23-27-20(24)17-21(28-23)29(12-26-17)22-19(33)18(32)15(11-30)35-22/h3-6,12,15,18-19,22,30,32-33H,2,7-11H2,1H3,(H3,24,25,27,28)/t15-,18-,19-,22-/m1/s1. The van der Waals surface area contributed by atoms with Crippen molar-refractivity contribution in [1.29, 1.82) is 0 Å². The van der Waals surface area contributed by atoms with Crippen LogP contribution in [0.1, 0.15) is 30.7 Å². The number of ether oxygens (including phenoxy) is 2. The molecule has 6 N–H and O–H groups in total. The van der Waals surface area contributed by atoms with Crippen LogP contribution in [-0.4, -0.2) is 78.9 Å². The third-order valence-electron chi connectivity index (χ3n) is 5.88. The fraction of sp³-hybridized carbons (Fsp3) is 0.478. The molecule has 12 heteroatoms. The van der Waals surface area contributed by atoms with Gasteiger partial charge in [-0.25, -0.2) is 4.98 Å². The van der Waals surface area contributed by atoms with E-state index in [0.29, 0.717) is 43.6 Å². The molecule has 0 unspecified atom stereocenters. The first-order chi connectivity index (χ1) is 16.9. The number of nitrogens with two attached hydrogens (primary N) is 1. The summed E-state index contributed by atoms with van der Waals surface area (Å²) in [5.41, 5.74) is 8.90. The summed E-state index contributed by atoms with van der Waals surface area (Å²) in [7, 11) is 0. The average molecular weight is 487 g/mol. The molecule has 0 radical (unpaired) electrons. The average Bonchev–Trinajstić information content (AvgIpc) is 3.39. The number of rotatable bonds is 10. The highest BCUT2D eigenvalue weighted by Gasteiger charge is 2.44. The van der Waals surface area contributed by atoms with E-state index in [2.05, 4.69) is 20.3 Å². The number of aliphatic hydroxyl groups excluding tert-OH is 3. The maximum atomic E-state index is 11.5. The highest BCUT2D eigenvalue weighted by atomic mass is 16.6. The smallest absolute Gasteiger partial charge is 0.306 e. The highest BCUT2D eigenvalue weighted by Crippen LogP contribution is 2.32. The van der Waals surface area contributed by atoms with E-state index >= 15 is 0 Å². The van der Waals surface area contributed by atoms with Crippen molar-refractivity contribution >= 4 is 28.9 Å². The van der Waals surface area contributed by atoms with Crippen molar-refractivity contribution < 1.29 is 29.6 Å². The van der Waals surface area contributed by atoms with Gasteiger partial charge in [0, 0.05) is 13.0 Å². The molecule has 12 nitrogen and oxygen atoms in total. The van der Waals surface area contributed by atoms with Crippen molar-refractivity contribution in [2.75, 3.05) is 30.8 Å². The zero-order valence-electron chi connectivity index (χ0n) is 19.4. The van der Waals surface area contributed by atoms with E-state index in [9.17, 15) is 20.1 Å². The van der Waals surface area contributed by atoms with Gasteiger partial charge < -0.3 is 35.8 Å². The predicted molar refractivity (Wildman–Crippen MR) is 126 cm³/mol. The summed E-state index contributed by atoms with van der Waals surface area (Å²) in [5, 5.41) is 32.9. The second kappa shape index (κ2) is 11.0. The van der Waals surface area contributed by atoms with Crippen LogP contribution in [0.3, 0.4) is 0 Å². The Morgan fingerprint density at radius 2 is 1.89 bits per heavy atom. The van der Waals surface area contributed by atoms with Gasteiger partial charge in [-0.2, -0.15) is 9.97 Å². The topological polar surface area (TPSA) is 178 Å². The third kappa shape index (κ3) is 5.51. The van der Waals surface area contributed by atoms with Crippen molar-refractivity contribution in [3.8, 4) is 0 Å². The summed E-state index contributed by atoms with van der Waals surface area (Å²) in [4.78, 5) is 24.4. The van der Waals surface area contributed by atoms with Gasteiger partial charge in [-0.15, -0.1) is 0 Å². The first kappa shape index (κ1) is 24.8. The van der Waals surface area contributed by atoms with Crippen LogP contribution in [0.25, 0.3) is 11.2 Å². The van der Waals surface area contributed by atoms with Crippen LogP contribution in [-0.2, 0) is 27.1 Å². The van der Waals surface area contributed by atoms with Gasteiger partial charge in [0.05, 0.1) is 19.5 Å². The molecule has 4 atom stereocenters. The van der Waals surface area contributed by atoms with Gasteiger partial charge in [0.2, 0.25) is 5.95 Å². The number of hydrogen-bond donors (Lipinski definition) is 5. The van der Waals surface area contributed by atoms with E-state index in [0.717, 1.165) is 11.1 Å². The summed E-state index contributed by atoms with van der Waals surface area (Å²) in [6.45, 7) is 2.28. The molecular formula is C23H30N6O6. The number of esters is 1. The number of benzene rings is 1. The zero-order valence-corrected chi connectivity index (χ0v) is 19.4. The van der Waals surface area contributed by atoms with Crippen molar-refractivity contribution in [1.82, 2.24) is 19.5 Å². The number of aryl methyl sites for hydroxylation is 1. The fourth-order valence-electron chi connectivity index (χ4n) is 3.98. The first-order valence-corrected chi connectivity index (χ1v) is 11.5. The number of carbonyl (C=O) groups excluding carboxylic acids is 1. The molecule has 4 rings (SSSR count). The van der Waals surface area contributed by atoms with E-state index < -0.39 is 31.1 Å². The number of aliphatic hydroxyl groups is 3. The number of imidazole rings is 1. The molecule has 1 fully saturated rings. The molecule has 1 aliphatic rings. The van der Waals surface area contributed by atoms with Crippen LogP contribution in [0, 0.1) is 0 Å². The second-order valence-electron chi connectivity index (χ2n) is 8.28. The number of aromatic nitrogens is 4. The van der Waals surface area contributed by atoms with Gasteiger partial charge in [-0.05, 0) is 30.9 Å². The summed E-state index contributed by atoms with van der Waals surface area (Å²) in [5.74, 6) is 0.250. The number of nitrogens with one attached hydrogen (secondary N) is 1. The van der Waals surface area contributed by atoms with E-state index in [-0.39, 0.29) is 17.7 Å². The maximum absolute atomic E-state index is 11.5. The minimum Gasteiger partial charge on any atom is -0.466 e. The van der Waals surface area contributed by atoms with Crippen LogP contribution in [0.5, 0.6) is 0 Å². The molecule has 0 aliphatic carbocycles. The van der Waals surface area contributed by atoms with Crippen LogP contribution < -0.4 is 11.1 Å². The Morgan fingerprint density at radius 3 is 2.54 bits per heavy atom. The summed E-state index contributed by atoms with van der Waals surface area (Å²) >= 11 is 0. The molecule has 1 aromatic carbocycles.